The maximum absolute atomic E-state index is 13.1. The first-order valence-electron chi connectivity index (χ1n) is 20.0. The van der Waals surface area contributed by atoms with Crippen molar-refractivity contribution in [2.24, 2.45) is 0 Å². The number of esters is 2. The zero-order valence-electron chi connectivity index (χ0n) is 32.4. The van der Waals surface area contributed by atoms with Crippen LogP contribution in [-0.2, 0) is 23.9 Å². The first kappa shape index (κ1) is 47.2. The molecule has 0 aromatic rings. The van der Waals surface area contributed by atoms with Crippen LogP contribution in [-0.4, -0.2) is 86.1 Å². The number of hydrogen-bond donors (Lipinski definition) is 0. The molecule has 0 aromatic heterocycles. The van der Waals surface area contributed by atoms with Crippen LogP contribution in [0.1, 0.15) is 162 Å². The number of ether oxygens (including phenoxy) is 2. The smallest absolute Gasteiger partial charge is 0.306 e. The van der Waals surface area contributed by atoms with Crippen LogP contribution in [0, 0.1) is 0 Å². The van der Waals surface area contributed by atoms with Crippen molar-refractivity contribution in [2.45, 2.75) is 162 Å². The van der Waals surface area contributed by atoms with E-state index in [1.807, 2.05) is 12.2 Å². The van der Waals surface area contributed by atoms with Gasteiger partial charge in [0.2, 0.25) is 5.91 Å². The largest absolute Gasteiger partial charge is 0.461 e. The number of hydrogen-bond acceptors (Lipinski definition) is 7. The predicted octanol–water partition coefficient (Wildman–Crippen LogP) is 10.3. The van der Waals surface area contributed by atoms with Crippen molar-refractivity contribution in [1.29, 1.82) is 0 Å². The van der Waals surface area contributed by atoms with Gasteiger partial charge in [-0.2, -0.15) is 11.8 Å². The molecule has 0 N–H and O–H groups in total. The Morgan fingerprint density at radius 1 is 0.531 bits per heavy atom. The van der Waals surface area contributed by atoms with E-state index in [1.54, 1.807) is 11.8 Å². The van der Waals surface area contributed by atoms with Crippen LogP contribution in [0.3, 0.4) is 0 Å². The molecule has 0 aliphatic heterocycles. The molecule has 0 fully saturated rings. The summed E-state index contributed by atoms with van der Waals surface area (Å²) in [6.07, 6.45) is 32.4. The SMILES string of the molecule is CCCCCC/C=C\COC(=O)CCCCCCCN(CCCCCCCC(=O)OC/C=C\CCCCCC)C(=O)CSCCCN(C)C. The molecule has 0 radical (unpaired) electrons. The fraction of sp³-hybridized carbons (Fsp3) is 0.829. The number of rotatable bonds is 36. The van der Waals surface area contributed by atoms with Crippen LogP contribution in [0.15, 0.2) is 24.3 Å². The molecular weight excluding hydrogens is 633 g/mol. The maximum atomic E-state index is 13.1. The number of amides is 1. The molecule has 0 rings (SSSR count). The molecule has 0 atom stereocenters. The van der Waals surface area contributed by atoms with Gasteiger partial charge in [0.05, 0.1) is 5.75 Å². The first-order valence-corrected chi connectivity index (χ1v) is 21.2. The molecule has 0 aliphatic carbocycles. The second-order valence-corrected chi connectivity index (χ2v) is 14.7. The topological polar surface area (TPSA) is 76.1 Å². The molecular formula is C41H76N2O5S. The predicted molar refractivity (Wildman–Crippen MR) is 210 cm³/mol. The molecule has 0 saturated carbocycles. The third-order valence-corrected chi connectivity index (χ3v) is 9.58. The van der Waals surface area contributed by atoms with E-state index in [9.17, 15) is 14.4 Å². The van der Waals surface area contributed by atoms with Crippen molar-refractivity contribution in [3.63, 3.8) is 0 Å². The van der Waals surface area contributed by atoms with Gasteiger partial charge in [-0.05, 0) is 84.2 Å². The van der Waals surface area contributed by atoms with E-state index < -0.39 is 0 Å². The first-order chi connectivity index (χ1) is 23.9. The van der Waals surface area contributed by atoms with E-state index in [1.165, 1.54) is 51.4 Å². The lowest BCUT2D eigenvalue weighted by atomic mass is 10.1. The van der Waals surface area contributed by atoms with Gasteiger partial charge in [0.15, 0.2) is 0 Å². The number of unbranched alkanes of at least 4 members (excludes halogenated alkanes) is 16. The van der Waals surface area contributed by atoms with Crippen molar-refractivity contribution >= 4 is 29.6 Å². The Morgan fingerprint density at radius 2 is 0.980 bits per heavy atom. The summed E-state index contributed by atoms with van der Waals surface area (Å²) in [6.45, 7) is 7.87. The van der Waals surface area contributed by atoms with Gasteiger partial charge in [-0.3, -0.25) is 14.4 Å². The molecule has 0 aromatic carbocycles. The quantitative estimate of drug-likeness (QED) is 0.0364. The van der Waals surface area contributed by atoms with Gasteiger partial charge in [-0.25, -0.2) is 0 Å². The minimum absolute atomic E-state index is 0.105. The van der Waals surface area contributed by atoms with Crippen molar-refractivity contribution in [3.8, 4) is 0 Å². The zero-order valence-corrected chi connectivity index (χ0v) is 33.2. The van der Waals surface area contributed by atoms with E-state index in [0.717, 1.165) is 109 Å². The number of nitrogens with zero attached hydrogens (tertiary/aromatic N) is 2. The highest BCUT2D eigenvalue weighted by Gasteiger charge is 2.13. The fourth-order valence-corrected chi connectivity index (χ4v) is 6.31. The molecule has 0 aliphatic rings. The molecule has 0 unspecified atom stereocenters. The highest BCUT2D eigenvalue weighted by atomic mass is 32.2. The van der Waals surface area contributed by atoms with E-state index in [0.29, 0.717) is 31.8 Å². The molecule has 1 amide bonds. The molecule has 7 nitrogen and oxygen atoms in total. The second-order valence-electron chi connectivity index (χ2n) is 13.6. The van der Waals surface area contributed by atoms with E-state index in [-0.39, 0.29) is 17.8 Å². The van der Waals surface area contributed by atoms with E-state index >= 15 is 0 Å². The molecule has 0 bridgehead atoms. The number of thioether (sulfide) groups is 1. The Labute approximate surface area is 306 Å². The van der Waals surface area contributed by atoms with Crippen LogP contribution < -0.4 is 0 Å². The van der Waals surface area contributed by atoms with Gasteiger partial charge in [0.25, 0.3) is 0 Å². The Kier molecular flexibility index (Phi) is 36.1. The van der Waals surface area contributed by atoms with Crippen LogP contribution >= 0.6 is 11.8 Å². The summed E-state index contributed by atoms with van der Waals surface area (Å²) in [6, 6.07) is 0. The van der Waals surface area contributed by atoms with Crippen LogP contribution in [0.25, 0.3) is 0 Å². The highest BCUT2D eigenvalue weighted by molar-refractivity contribution is 7.99. The summed E-state index contributed by atoms with van der Waals surface area (Å²) in [5.41, 5.74) is 0. The molecule has 8 heteroatoms. The Balaban J connectivity index is 4.17. The molecule has 0 saturated heterocycles. The number of allylic oxidation sites excluding steroid dienone is 2. The lowest BCUT2D eigenvalue weighted by Crippen LogP contribution is -2.34. The van der Waals surface area contributed by atoms with Crippen LogP contribution in [0.2, 0.25) is 0 Å². The summed E-state index contributed by atoms with van der Waals surface area (Å²) < 4.78 is 10.7. The minimum atomic E-state index is -0.105. The summed E-state index contributed by atoms with van der Waals surface area (Å²) in [4.78, 5) is 41.3. The van der Waals surface area contributed by atoms with Crippen LogP contribution in [0.4, 0.5) is 0 Å². The van der Waals surface area contributed by atoms with E-state index in [4.69, 9.17) is 9.47 Å². The standard InChI is InChI=1S/C41H76N2O5S/c1-5-7-9-11-13-21-27-35-47-40(45)30-23-17-15-19-25-33-43(39(44)38-49-37-29-32-42(3)4)34-26-20-16-18-24-31-41(46)48-36-28-22-14-12-10-8-6-2/h21-22,27-28H,5-20,23-26,29-38H2,1-4H3/b27-21-,28-22-. The third kappa shape index (κ3) is 35.8. The fourth-order valence-electron chi connectivity index (χ4n) is 5.48. The normalized spacial score (nSPS) is 11.6. The minimum Gasteiger partial charge on any atom is -0.461 e. The van der Waals surface area contributed by atoms with Gasteiger partial charge < -0.3 is 19.3 Å². The van der Waals surface area contributed by atoms with Gasteiger partial charge in [0, 0.05) is 25.9 Å². The summed E-state index contributed by atoms with van der Waals surface area (Å²) in [7, 11) is 4.17. The maximum Gasteiger partial charge on any atom is 0.306 e. The van der Waals surface area contributed by atoms with Crippen molar-refractivity contribution in [1.82, 2.24) is 9.80 Å². The Bertz CT molecular complexity index is 781. The highest BCUT2D eigenvalue weighted by Crippen LogP contribution is 2.13. The summed E-state index contributed by atoms with van der Waals surface area (Å²) in [5, 5.41) is 0. The Hall–Kier alpha value is -1.80. The molecule has 286 valence electrons. The van der Waals surface area contributed by atoms with Crippen LogP contribution in [0.5, 0.6) is 0 Å². The van der Waals surface area contributed by atoms with Crippen molar-refractivity contribution < 1.29 is 23.9 Å². The molecule has 49 heavy (non-hydrogen) atoms. The second kappa shape index (κ2) is 37.5. The summed E-state index contributed by atoms with van der Waals surface area (Å²) >= 11 is 1.75. The average Bonchev–Trinajstić information content (AvgIpc) is 3.08. The number of carbonyl (C=O) groups is 3. The van der Waals surface area contributed by atoms with Crippen molar-refractivity contribution in [3.05, 3.63) is 24.3 Å². The average molecular weight is 709 g/mol. The third-order valence-electron chi connectivity index (χ3n) is 8.55. The number of carbonyl (C=O) groups excluding carboxylic acids is 3. The lowest BCUT2D eigenvalue weighted by molar-refractivity contribution is -0.143. The Morgan fingerprint density at radius 3 is 1.45 bits per heavy atom. The van der Waals surface area contributed by atoms with Gasteiger partial charge in [0.1, 0.15) is 13.2 Å². The van der Waals surface area contributed by atoms with Gasteiger partial charge >= 0.3 is 11.9 Å². The summed E-state index contributed by atoms with van der Waals surface area (Å²) in [5.74, 6) is 1.61. The van der Waals surface area contributed by atoms with Crippen molar-refractivity contribution in [2.75, 3.05) is 58.4 Å². The monoisotopic (exact) mass is 709 g/mol. The van der Waals surface area contributed by atoms with E-state index in [2.05, 4.69) is 49.9 Å². The molecule has 0 spiro atoms. The van der Waals surface area contributed by atoms with Gasteiger partial charge in [-0.1, -0.05) is 115 Å². The zero-order chi connectivity index (χ0) is 36.0. The van der Waals surface area contributed by atoms with Gasteiger partial charge in [-0.15, -0.1) is 0 Å². The molecule has 0 heterocycles. The lowest BCUT2D eigenvalue weighted by Gasteiger charge is -2.23.